The summed E-state index contributed by atoms with van der Waals surface area (Å²) in [4.78, 5) is 16.2. The highest BCUT2D eigenvalue weighted by Gasteiger charge is 2.25. The first kappa shape index (κ1) is 22.4. The Hall–Kier alpha value is -3.81. The van der Waals surface area contributed by atoms with Crippen LogP contribution >= 0.6 is 0 Å². The van der Waals surface area contributed by atoms with Crippen LogP contribution in [-0.2, 0) is 0 Å². The fourth-order valence-corrected chi connectivity index (χ4v) is 3.80. The van der Waals surface area contributed by atoms with E-state index >= 15 is 0 Å². The average Bonchev–Trinajstić information content (AvgIpc) is 2.83. The number of piperidine rings is 1. The molecule has 0 aliphatic carbocycles. The maximum atomic E-state index is 14.5. The fourth-order valence-electron chi connectivity index (χ4n) is 3.80. The number of halogens is 2. The van der Waals surface area contributed by atoms with Crippen LogP contribution in [0.5, 0.6) is 11.6 Å². The molecule has 4 N–H and O–H groups in total. The number of anilines is 1. The monoisotopic (exact) mass is 452 g/mol. The molecule has 1 saturated heterocycles. The number of rotatable bonds is 5. The van der Waals surface area contributed by atoms with E-state index in [9.17, 15) is 8.78 Å². The van der Waals surface area contributed by atoms with Gasteiger partial charge in [-0.05, 0) is 42.7 Å². The zero-order valence-corrected chi connectivity index (χ0v) is 17.9. The molecular formula is C23H22F2N6O2. The molecule has 10 heteroatoms. The molecule has 170 valence electrons. The number of hydrogen-bond acceptors (Lipinski definition) is 8. The SMILES string of the molecule is COc1ccc(-c2c(ON)nc(N3CCC(N)CC3)nc2-c2ccc(C#N)c(F)c2)cc1F. The third kappa shape index (κ3) is 4.41. The molecule has 8 nitrogen and oxygen atoms in total. The molecule has 2 aromatic carbocycles. The molecule has 0 amide bonds. The smallest absolute Gasteiger partial charge is 0.250 e. The van der Waals surface area contributed by atoms with E-state index in [1.165, 1.54) is 31.4 Å². The van der Waals surface area contributed by atoms with E-state index in [4.69, 9.17) is 26.5 Å². The highest BCUT2D eigenvalue weighted by Crippen LogP contribution is 2.40. The first-order valence-corrected chi connectivity index (χ1v) is 10.3. The van der Waals surface area contributed by atoms with E-state index in [0.29, 0.717) is 30.2 Å². The summed E-state index contributed by atoms with van der Waals surface area (Å²) in [6.45, 7) is 1.26. The topological polar surface area (TPSA) is 123 Å². The molecule has 1 aromatic heterocycles. The number of nitrogens with two attached hydrogens (primary N) is 2. The maximum absolute atomic E-state index is 14.5. The van der Waals surface area contributed by atoms with Crippen LogP contribution in [0.15, 0.2) is 36.4 Å². The van der Waals surface area contributed by atoms with Gasteiger partial charge in [0.25, 0.3) is 5.88 Å². The number of hydrogen-bond donors (Lipinski definition) is 2. The lowest BCUT2D eigenvalue weighted by Gasteiger charge is -2.30. The van der Waals surface area contributed by atoms with Gasteiger partial charge in [0.1, 0.15) is 11.9 Å². The van der Waals surface area contributed by atoms with Crippen LogP contribution in [0, 0.1) is 23.0 Å². The van der Waals surface area contributed by atoms with Crippen LogP contribution in [0.25, 0.3) is 22.4 Å². The number of ether oxygens (including phenoxy) is 1. The molecule has 0 spiro atoms. The Morgan fingerprint density at radius 3 is 2.36 bits per heavy atom. The molecule has 0 atom stereocenters. The third-order valence-electron chi connectivity index (χ3n) is 5.60. The number of methoxy groups -OCH3 is 1. The minimum absolute atomic E-state index is 0.000735. The quantitative estimate of drug-likeness (QED) is 0.566. The van der Waals surface area contributed by atoms with E-state index in [1.807, 2.05) is 4.90 Å². The Morgan fingerprint density at radius 1 is 1.06 bits per heavy atom. The van der Waals surface area contributed by atoms with Gasteiger partial charge < -0.3 is 20.2 Å². The number of aromatic nitrogens is 2. The lowest BCUT2D eigenvalue weighted by molar-refractivity contribution is 0.321. The van der Waals surface area contributed by atoms with E-state index in [2.05, 4.69) is 9.97 Å². The van der Waals surface area contributed by atoms with Crippen molar-refractivity contribution < 1.29 is 18.4 Å². The van der Waals surface area contributed by atoms with Crippen molar-refractivity contribution in [3.8, 4) is 40.1 Å². The van der Waals surface area contributed by atoms with Gasteiger partial charge >= 0.3 is 0 Å². The van der Waals surface area contributed by atoms with Gasteiger partial charge in [-0.1, -0.05) is 12.1 Å². The summed E-state index contributed by atoms with van der Waals surface area (Å²) < 4.78 is 34.0. The van der Waals surface area contributed by atoms with Crippen LogP contribution < -0.4 is 26.1 Å². The molecule has 1 aliphatic rings. The molecule has 1 aliphatic heterocycles. The molecule has 0 bridgehead atoms. The van der Waals surface area contributed by atoms with Crippen molar-refractivity contribution in [1.82, 2.24) is 9.97 Å². The molecule has 33 heavy (non-hydrogen) atoms. The van der Waals surface area contributed by atoms with E-state index in [0.717, 1.165) is 12.8 Å². The van der Waals surface area contributed by atoms with Crippen LogP contribution in [0.4, 0.5) is 14.7 Å². The number of nitrogens with zero attached hydrogens (tertiary/aromatic N) is 4. The number of benzene rings is 2. The Kier molecular flexibility index (Phi) is 6.35. The van der Waals surface area contributed by atoms with Gasteiger partial charge in [-0.25, -0.2) is 13.8 Å². The first-order valence-electron chi connectivity index (χ1n) is 10.3. The third-order valence-corrected chi connectivity index (χ3v) is 5.60. The van der Waals surface area contributed by atoms with Crippen molar-refractivity contribution in [2.24, 2.45) is 11.6 Å². The second kappa shape index (κ2) is 9.36. The fraction of sp³-hybridized carbons (Fsp3) is 0.261. The van der Waals surface area contributed by atoms with Gasteiger partial charge in [0, 0.05) is 24.7 Å². The Balaban J connectivity index is 1.93. The minimum Gasteiger partial charge on any atom is -0.494 e. The summed E-state index contributed by atoms with van der Waals surface area (Å²) in [5.41, 5.74) is 7.18. The van der Waals surface area contributed by atoms with Crippen LogP contribution in [0.1, 0.15) is 18.4 Å². The molecule has 0 radical (unpaired) electrons. The summed E-state index contributed by atoms with van der Waals surface area (Å²) in [6, 6.07) is 10.3. The molecule has 4 rings (SSSR count). The second-order valence-corrected chi connectivity index (χ2v) is 7.65. The zero-order valence-electron chi connectivity index (χ0n) is 17.9. The minimum atomic E-state index is -0.707. The normalized spacial score (nSPS) is 14.1. The molecule has 3 aromatic rings. The van der Waals surface area contributed by atoms with Crippen molar-refractivity contribution in [1.29, 1.82) is 5.26 Å². The summed E-state index contributed by atoms with van der Waals surface area (Å²) in [7, 11) is 1.36. The zero-order chi connectivity index (χ0) is 23.5. The molecule has 0 saturated carbocycles. The van der Waals surface area contributed by atoms with Crippen molar-refractivity contribution in [2.45, 2.75) is 18.9 Å². The van der Waals surface area contributed by atoms with Gasteiger partial charge in [-0.2, -0.15) is 16.1 Å². The molecular weight excluding hydrogens is 430 g/mol. The lowest BCUT2D eigenvalue weighted by atomic mass is 9.98. The highest BCUT2D eigenvalue weighted by atomic mass is 19.1. The molecule has 0 unspecified atom stereocenters. The summed E-state index contributed by atoms with van der Waals surface area (Å²) in [5.74, 6) is 4.64. The highest BCUT2D eigenvalue weighted by molar-refractivity contribution is 5.85. The number of nitriles is 1. The Morgan fingerprint density at radius 2 is 1.76 bits per heavy atom. The predicted octanol–water partition coefficient (Wildman–Crippen LogP) is 3.15. The van der Waals surface area contributed by atoms with Crippen LogP contribution in [0.2, 0.25) is 0 Å². The molecule has 1 fully saturated rings. The summed E-state index contributed by atoms with van der Waals surface area (Å²) >= 11 is 0. The van der Waals surface area contributed by atoms with Crippen LogP contribution in [0.3, 0.4) is 0 Å². The van der Waals surface area contributed by atoms with Gasteiger partial charge in [0.2, 0.25) is 5.95 Å². The van der Waals surface area contributed by atoms with E-state index < -0.39 is 11.6 Å². The van der Waals surface area contributed by atoms with Gasteiger partial charge in [0.15, 0.2) is 11.6 Å². The van der Waals surface area contributed by atoms with Gasteiger partial charge in [-0.3, -0.25) is 0 Å². The second-order valence-electron chi connectivity index (χ2n) is 7.65. The summed E-state index contributed by atoms with van der Waals surface area (Å²) in [5, 5.41) is 9.09. The maximum Gasteiger partial charge on any atom is 0.250 e. The standard InChI is InChI=1S/C23H22F2N6O2/c1-32-19-5-4-13(10-18(19)25)20-21(14-2-3-15(12-26)17(24)11-14)29-23(30-22(20)33-28)31-8-6-16(27)7-9-31/h2-5,10-11,16H,6-9,27-28H2,1H3. The largest absolute Gasteiger partial charge is 0.494 e. The van der Waals surface area contributed by atoms with Gasteiger partial charge in [0.05, 0.1) is 23.9 Å². The van der Waals surface area contributed by atoms with Crippen molar-refractivity contribution in [2.75, 3.05) is 25.1 Å². The Labute approximate surface area is 189 Å². The van der Waals surface area contributed by atoms with Crippen molar-refractivity contribution in [3.63, 3.8) is 0 Å². The lowest BCUT2D eigenvalue weighted by Crippen LogP contribution is -2.40. The van der Waals surface area contributed by atoms with E-state index in [1.54, 1.807) is 18.2 Å². The van der Waals surface area contributed by atoms with Crippen LogP contribution in [-0.4, -0.2) is 36.2 Å². The molecule has 2 heterocycles. The van der Waals surface area contributed by atoms with Crippen molar-refractivity contribution in [3.05, 3.63) is 53.6 Å². The Bertz CT molecular complexity index is 1220. The summed E-state index contributed by atoms with van der Waals surface area (Å²) in [6.07, 6.45) is 1.52. The first-order chi connectivity index (χ1) is 15.9. The predicted molar refractivity (Wildman–Crippen MR) is 118 cm³/mol. The average molecular weight is 452 g/mol. The van der Waals surface area contributed by atoms with Crippen molar-refractivity contribution >= 4 is 5.95 Å². The van der Waals surface area contributed by atoms with E-state index in [-0.39, 0.29) is 34.5 Å². The van der Waals surface area contributed by atoms with Gasteiger partial charge in [-0.15, -0.1) is 0 Å².